The third kappa shape index (κ3) is 3.30. The van der Waals surface area contributed by atoms with Crippen LogP contribution in [0.4, 0.5) is 5.82 Å². The topological polar surface area (TPSA) is 88.1 Å². The van der Waals surface area contributed by atoms with Crippen LogP contribution in [-0.2, 0) is 16.0 Å². The predicted molar refractivity (Wildman–Crippen MR) is 85.5 cm³/mol. The number of hydrogen-bond acceptors (Lipinski definition) is 6. The van der Waals surface area contributed by atoms with E-state index < -0.39 is 0 Å². The van der Waals surface area contributed by atoms with Crippen LogP contribution in [0.3, 0.4) is 0 Å². The van der Waals surface area contributed by atoms with Crippen LogP contribution in [0.15, 0.2) is 12.7 Å². The van der Waals surface area contributed by atoms with E-state index in [0.29, 0.717) is 17.3 Å². The SMILES string of the molecule is Nc1ncnc2c1ncn2C[C@H]1C[C@H]1CCOC1CCCCO1. The van der Waals surface area contributed by atoms with Gasteiger partial charge in [-0.25, -0.2) is 15.0 Å². The number of nitrogens with two attached hydrogens (primary N) is 1. The summed E-state index contributed by atoms with van der Waals surface area (Å²) in [6.07, 6.45) is 9.11. The highest BCUT2D eigenvalue weighted by atomic mass is 16.7. The maximum atomic E-state index is 5.82. The molecule has 7 heteroatoms. The first kappa shape index (κ1) is 14.8. The Hall–Kier alpha value is -1.73. The van der Waals surface area contributed by atoms with Crippen molar-refractivity contribution in [2.75, 3.05) is 18.9 Å². The Morgan fingerprint density at radius 3 is 3.09 bits per heavy atom. The minimum Gasteiger partial charge on any atom is -0.382 e. The molecule has 0 radical (unpaired) electrons. The summed E-state index contributed by atoms with van der Waals surface area (Å²) in [4.78, 5) is 12.6. The van der Waals surface area contributed by atoms with Gasteiger partial charge in [0.05, 0.1) is 12.9 Å². The van der Waals surface area contributed by atoms with Gasteiger partial charge in [0, 0.05) is 13.2 Å². The van der Waals surface area contributed by atoms with Gasteiger partial charge in [0.2, 0.25) is 0 Å². The Morgan fingerprint density at radius 1 is 1.26 bits per heavy atom. The summed E-state index contributed by atoms with van der Waals surface area (Å²) in [6.45, 7) is 2.58. The zero-order valence-corrected chi connectivity index (χ0v) is 13.2. The van der Waals surface area contributed by atoms with Gasteiger partial charge in [0.15, 0.2) is 17.8 Å². The summed E-state index contributed by atoms with van der Waals surface area (Å²) in [5, 5.41) is 0. The fraction of sp³-hybridized carbons (Fsp3) is 0.688. The van der Waals surface area contributed by atoms with Crippen molar-refractivity contribution in [3.63, 3.8) is 0 Å². The average molecular weight is 317 g/mol. The van der Waals surface area contributed by atoms with Crippen molar-refractivity contribution in [2.24, 2.45) is 11.8 Å². The molecule has 0 bridgehead atoms. The fourth-order valence-electron chi connectivity index (χ4n) is 3.37. The molecule has 124 valence electrons. The van der Waals surface area contributed by atoms with Gasteiger partial charge in [-0.05, 0) is 43.9 Å². The van der Waals surface area contributed by atoms with E-state index >= 15 is 0 Å². The number of hydrogen-bond donors (Lipinski definition) is 1. The van der Waals surface area contributed by atoms with Gasteiger partial charge < -0.3 is 19.8 Å². The van der Waals surface area contributed by atoms with Crippen LogP contribution < -0.4 is 5.73 Å². The summed E-state index contributed by atoms with van der Waals surface area (Å²) in [7, 11) is 0. The van der Waals surface area contributed by atoms with Gasteiger partial charge in [-0.2, -0.15) is 0 Å². The minimum absolute atomic E-state index is 0.0261. The van der Waals surface area contributed by atoms with Crippen molar-refractivity contribution in [3.8, 4) is 0 Å². The van der Waals surface area contributed by atoms with Crippen molar-refractivity contribution >= 4 is 17.0 Å². The third-order valence-electron chi connectivity index (χ3n) is 4.86. The summed E-state index contributed by atoms with van der Waals surface area (Å²) < 4.78 is 13.5. The van der Waals surface area contributed by atoms with Gasteiger partial charge in [-0.3, -0.25) is 0 Å². The lowest BCUT2D eigenvalue weighted by atomic mass is 10.2. The average Bonchev–Trinajstić information content (AvgIpc) is 3.17. The van der Waals surface area contributed by atoms with E-state index in [1.54, 1.807) is 0 Å². The molecule has 0 amide bonds. The molecular formula is C16H23N5O2. The highest BCUT2D eigenvalue weighted by molar-refractivity contribution is 5.81. The monoisotopic (exact) mass is 317 g/mol. The second-order valence-corrected chi connectivity index (χ2v) is 6.54. The van der Waals surface area contributed by atoms with Crippen molar-refractivity contribution in [3.05, 3.63) is 12.7 Å². The molecule has 2 aromatic rings. The van der Waals surface area contributed by atoms with E-state index in [0.717, 1.165) is 50.6 Å². The van der Waals surface area contributed by atoms with Crippen molar-refractivity contribution in [1.29, 1.82) is 0 Å². The molecule has 2 fully saturated rings. The summed E-state index contributed by atoms with van der Waals surface area (Å²) in [5.74, 6) is 1.86. The van der Waals surface area contributed by atoms with Crippen LogP contribution in [0.5, 0.6) is 0 Å². The molecule has 2 N–H and O–H groups in total. The molecule has 0 aromatic carbocycles. The fourth-order valence-corrected chi connectivity index (χ4v) is 3.37. The molecule has 7 nitrogen and oxygen atoms in total. The molecule has 1 saturated heterocycles. The Balaban J connectivity index is 1.25. The number of anilines is 1. The number of nitrogen functional groups attached to an aromatic ring is 1. The standard InChI is InChI=1S/C16H23N5O2/c17-15-14-16(19-9-18-15)21(10-20-14)8-12-7-11(12)4-6-23-13-3-1-2-5-22-13/h9-13H,1-8H2,(H2,17,18,19)/t11-,12-,13?/m1/s1. The molecule has 2 aliphatic rings. The number of fused-ring (bicyclic) bond motifs is 1. The molecule has 2 aromatic heterocycles. The molecular weight excluding hydrogens is 294 g/mol. The number of imidazole rings is 1. The highest BCUT2D eigenvalue weighted by Crippen LogP contribution is 2.42. The minimum atomic E-state index is 0.0261. The van der Waals surface area contributed by atoms with Gasteiger partial charge in [0.1, 0.15) is 11.8 Å². The number of nitrogens with zero attached hydrogens (tertiary/aromatic N) is 4. The highest BCUT2D eigenvalue weighted by Gasteiger charge is 2.37. The molecule has 3 atom stereocenters. The van der Waals surface area contributed by atoms with Crippen LogP contribution in [0.2, 0.25) is 0 Å². The molecule has 1 aliphatic heterocycles. The van der Waals surface area contributed by atoms with E-state index in [1.165, 1.54) is 19.2 Å². The number of ether oxygens (including phenoxy) is 2. The quantitative estimate of drug-likeness (QED) is 0.876. The molecule has 0 spiro atoms. The van der Waals surface area contributed by atoms with Crippen molar-refractivity contribution in [1.82, 2.24) is 19.5 Å². The van der Waals surface area contributed by atoms with Crippen LogP contribution in [0.25, 0.3) is 11.2 Å². The van der Waals surface area contributed by atoms with E-state index in [9.17, 15) is 0 Å². The third-order valence-corrected chi connectivity index (χ3v) is 4.86. The first-order valence-electron chi connectivity index (χ1n) is 8.46. The summed E-state index contributed by atoms with van der Waals surface area (Å²) >= 11 is 0. The second kappa shape index (κ2) is 6.41. The van der Waals surface area contributed by atoms with E-state index in [4.69, 9.17) is 15.2 Å². The maximum absolute atomic E-state index is 5.82. The Labute approximate surface area is 135 Å². The first-order valence-corrected chi connectivity index (χ1v) is 8.46. The maximum Gasteiger partial charge on any atom is 0.165 e. The lowest BCUT2D eigenvalue weighted by Crippen LogP contribution is -2.22. The second-order valence-electron chi connectivity index (χ2n) is 6.54. The Bertz CT molecular complexity index is 668. The lowest BCUT2D eigenvalue weighted by Gasteiger charge is -2.22. The van der Waals surface area contributed by atoms with Gasteiger partial charge >= 0.3 is 0 Å². The molecule has 1 saturated carbocycles. The number of rotatable bonds is 6. The molecule has 23 heavy (non-hydrogen) atoms. The lowest BCUT2D eigenvalue weighted by molar-refractivity contribution is -0.163. The normalized spacial score (nSPS) is 27.4. The van der Waals surface area contributed by atoms with Crippen molar-refractivity contribution < 1.29 is 9.47 Å². The van der Waals surface area contributed by atoms with Gasteiger partial charge in [-0.1, -0.05) is 0 Å². The molecule has 1 aliphatic carbocycles. The van der Waals surface area contributed by atoms with Crippen molar-refractivity contribution in [2.45, 2.75) is 44.9 Å². The number of aromatic nitrogens is 4. The van der Waals surface area contributed by atoms with Crippen LogP contribution in [0.1, 0.15) is 32.1 Å². The Kier molecular flexibility index (Phi) is 4.13. The first-order chi connectivity index (χ1) is 11.3. The van der Waals surface area contributed by atoms with E-state index in [2.05, 4.69) is 19.5 Å². The van der Waals surface area contributed by atoms with Crippen LogP contribution in [-0.4, -0.2) is 39.0 Å². The zero-order chi connectivity index (χ0) is 15.6. The van der Waals surface area contributed by atoms with Gasteiger partial charge in [0.25, 0.3) is 0 Å². The molecule has 3 heterocycles. The van der Waals surface area contributed by atoms with Crippen LogP contribution in [0, 0.1) is 11.8 Å². The summed E-state index contributed by atoms with van der Waals surface area (Å²) in [6, 6.07) is 0. The predicted octanol–water partition coefficient (Wildman–Crippen LogP) is 1.98. The van der Waals surface area contributed by atoms with Gasteiger partial charge in [-0.15, -0.1) is 0 Å². The zero-order valence-electron chi connectivity index (χ0n) is 13.2. The smallest absolute Gasteiger partial charge is 0.165 e. The summed E-state index contributed by atoms with van der Waals surface area (Å²) in [5.41, 5.74) is 7.35. The Morgan fingerprint density at radius 2 is 2.22 bits per heavy atom. The molecule has 4 rings (SSSR count). The van der Waals surface area contributed by atoms with E-state index in [-0.39, 0.29) is 6.29 Å². The largest absolute Gasteiger partial charge is 0.382 e. The molecule has 1 unspecified atom stereocenters. The van der Waals surface area contributed by atoms with E-state index in [1.807, 2.05) is 6.33 Å². The van der Waals surface area contributed by atoms with Crippen LogP contribution >= 0.6 is 0 Å².